The molecule has 0 aliphatic rings. The van der Waals surface area contributed by atoms with Gasteiger partial charge in [-0.2, -0.15) is 0 Å². The van der Waals surface area contributed by atoms with Crippen LogP contribution in [0.2, 0.25) is 5.02 Å². The minimum atomic E-state index is 0.0814. The molecule has 21 heavy (non-hydrogen) atoms. The summed E-state index contributed by atoms with van der Waals surface area (Å²) in [6, 6.07) is 11.5. The van der Waals surface area contributed by atoms with E-state index in [1.54, 1.807) is 12.4 Å². The zero-order chi connectivity index (χ0) is 15.2. The fourth-order valence-electron chi connectivity index (χ4n) is 2.15. The van der Waals surface area contributed by atoms with Crippen LogP contribution in [0.5, 0.6) is 0 Å². The summed E-state index contributed by atoms with van der Waals surface area (Å²) in [6.07, 6.45) is 3.79. The van der Waals surface area contributed by atoms with Crippen LogP contribution >= 0.6 is 11.6 Å². The number of carbonyl (C=O) groups is 1. The molecule has 0 saturated heterocycles. The third-order valence-electron chi connectivity index (χ3n) is 3.32. The van der Waals surface area contributed by atoms with E-state index in [9.17, 15) is 4.79 Å². The molecule has 2 rings (SSSR count). The number of carbonyl (C=O) groups excluding carboxylic acids is 1. The van der Waals surface area contributed by atoms with E-state index in [4.69, 9.17) is 11.6 Å². The van der Waals surface area contributed by atoms with Gasteiger partial charge in [-0.05, 0) is 37.1 Å². The van der Waals surface area contributed by atoms with E-state index >= 15 is 0 Å². The van der Waals surface area contributed by atoms with E-state index in [1.807, 2.05) is 55.1 Å². The standard InChI is InChI=1S/C17H19ClN2O/c1-13(2)20(12-15-7-3-4-8-16(15)18)17(21)10-14-6-5-9-19-11-14/h3-9,11,13H,10,12H2,1-2H3. The highest BCUT2D eigenvalue weighted by atomic mass is 35.5. The Kier molecular flexibility index (Phi) is 5.34. The molecule has 1 aromatic heterocycles. The summed E-state index contributed by atoms with van der Waals surface area (Å²) in [5.41, 5.74) is 1.89. The van der Waals surface area contributed by atoms with Crippen LogP contribution in [0.15, 0.2) is 48.8 Å². The van der Waals surface area contributed by atoms with Gasteiger partial charge in [0.05, 0.1) is 6.42 Å². The van der Waals surface area contributed by atoms with Gasteiger partial charge in [-0.15, -0.1) is 0 Å². The van der Waals surface area contributed by atoms with Crippen LogP contribution in [-0.4, -0.2) is 21.8 Å². The van der Waals surface area contributed by atoms with Gasteiger partial charge >= 0.3 is 0 Å². The molecule has 0 spiro atoms. The minimum Gasteiger partial charge on any atom is -0.336 e. The second-order valence-corrected chi connectivity index (χ2v) is 5.65. The van der Waals surface area contributed by atoms with Crippen molar-refractivity contribution >= 4 is 17.5 Å². The lowest BCUT2D eigenvalue weighted by molar-refractivity contribution is -0.132. The summed E-state index contributed by atoms with van der Waals surface area (Å²) in [6.45, 7) is 4.55. The molecule has 0 unspecified atom stereocenters. The minimum absolute atomic E-state index is 0.0814. The third kappa shape index (κ3) is 4.30. The Morgan fingerprint density at radius 1 is 1.24 bits per heavy atom. The molecule has 0 N–H and O–H groups in total. The molecule has 4 heteroatoms. The van der Waals surface area contributed by atoms with Gasteiger partial charge in [0.2, 0.25) is 5.91 Å². The van der Waals surface area contributed by atoms with E-state index in [0.717, 1.165) is 11.1 Å². The maximum atomic E-state index is 12.5. The van der Waals surface area contributed by atoms with Gasteiger partial charge in [0.15, 0.2) is 0 Å². The molecule has 0 atom stereocenters. The first-order valence-corrected chi connectivity index (χ1v) is 7.37. The van der Waals surface area contributed by atoms with Crippen molar-refractivity contribution in [3.63, 3.8) is 0 Å². The molecule has 1 aromatic carbocycles. The van der Waals surface area contributed by atoms with Crippen molar-refractivity contribution in [2.45, 2.75) is 32.9 Å². The molecule has 2 aromatic rings. The first-order valence-electron chi connectivity index (χ1n) is 6.99. The Bertz CT molecular complexity index is 599. The van der Waals surface area contributed by atoms with Gasteiger partial charge in [0, 0.05) is 30.0 Å². The molecule has 0 aliphatic heterocycles. The second kappa shape index (κ2) is 7.23. The molecule has 0 saturated carbocycles. The highest BCUT2D eigenvalue weighted by Gasteiger charge is 2.18. The first-order chi connectivity index (χ1) is 10.1. The predicted molar refractivity (Wildman–Crippen MR) is 85.1 cm³/mol. The van der Waals surface area contributed by atoms with Crippen LogP contribution < -0.4 is 0 Å². The van der Waals surface area contributed by atoms with Crippen molar-refractivity contribution in [1.82, 2.24) is 9.88 Å². The Morgan fingerprint density at radius 2 is 2.00 bits per heavy atom. The number of hydrogen-bond donors (Lipinski definition) is 0. The molecule has 0 aliphatic carbocycles. The van der Waals surface area contributed by atoms with Gasteiger partial charge < -0.3 is 4.90 Å². The fourth-order valence-corrected chi connectivity index (χ4v) is 2.34. The number of halogens is 1. The summed E-state index contributed by atoms with van der Waals surface area (Å²) in [5.74, 6) is 0.0814. The number of aromatic nitrogens is 1. The summed E-state index contributed by atoms with van der Waals surface area (Å²) >= 11 is 6.19. The molecule has 0 bridgehead atoms. The van der Waals surface area contributed by atoms with Crippen LogP contribution in [0.3, 0.4) is 0 Å². The molecule has 110 valence electrons. The molecule has 0 radical (unpaired) electrons. The number of amides is 1. The summed E-state index contributed by atoms with van der Waals surface area (Å²) in [4.78, 5) is 18.4. The zero-order valence-electron chi connectivity index (χ0n) is 12.3. The van der Waals surface area contributed by atoms with Crippen molar-refractivity contribution in [2.24, 2.45) is 0 Å². The highest BCUT2D eigenvalue weighted by Crippen LogP contribution is 2.19. The van der Waals surface area contributed by atoms with E-state index in [-0.39, 0.29) is 11.9 Å². The van der Waals surface area contributed by atoms with E-state index < -0.39 is 0 Å². The van der Waals surface area contributed by atoms with Gasteiger partial charge in [-0.3, -0.25) is 9.78 Å². The summed E-state index contributed by atoms with van der Waals surface area (Å²) in [7, 11) is 0. The number of hydrogen-bond acceptors (Lipinski definition) is 2. The molecular weight excluding hydrogens is 284 g/mol. The van der Waals surface area contributed by atoms with Crippen molar-refractivity contribution in [1.29, 1.82) is 0 Å². The molecule has 3 nitrogen and oxygen atoms in total. The van der Waals surface area contributed by atoms with Crippen LogP contribution in [-0.2, 0) is 17.8 Å². The third-order valence-corrected chi connectivity index (χ3v) is 3.69. The largest absolute Gasteiger partial charge is 0.336 e. The topological polar surface area (TPSA) is 33.2 Å². The van der Waals surface area contributed by atoms with Gasteiger partial charge in [0.1, 0.15) is 0 Å². The van der Waals surface area contributed by atoms with Crippen molar-refractivity contribution in [3.05, 3.63) is 64.9 Å². The summed E-state index contributed by atoms with van der Waals surface area (Å²) < 4.78 is 0. The smallest absolute Gasteiger partial charge is 0.227 e. The number of pyridine rings is 1. The highest BCUT2D eigenvalue weighted by molar-refractivity contribution is 6.31. The SMILES string of the molecule is CC(C)N(Cc1ccccc1Cl)C(=O)Cc1cccnc1. The zero-order valence-corrected chi connectivity index (χ0v) is 13.0. The van der Waals surface area contributed by atoms with Gasteiger partial charge in [-0.25, -0.2) is 0 Å². The van der Waals surface area contributed by atoms with Crippen molar-refractivity contribution < 1.29 is 4.79 Å². The van der Waals surface area contributed by atoms with Gasteiger partial charge in [0.25, 0.3) is 0 Å². The Morgan fingerprint density at radius 3 is 2.62 bits per heavy atom. The number of benzene rings is 1. The van der Waals surface area contributed by atoms with Crippen LogP contribution in [0.1, 0.15) is 25.0 Å². The van der Waals surface area contributed by atoms with Gasteiger partial charge in [-0.1, -0.05) is 35.9 Å². The fraction of sp³-hybridized carbons (Fsp3) is 0.294. The Labute approximate surface area is 130 Å². The molecule has 1 amide bonds. The monoisotopic (exact) mass is 302 g/mol. The van der Waals surface area contributed by atoms with E-state index in [1.165, 1.54) is 0 Å². The predicted octanol–water partition coefficient (Wildman–Crippen LogP) is 3.71. The average Bonchev–Trinajstić information content (AvgIpc) is 2.47. The average molecular weight is 303 g/mol. The lowest BCUT2D eigenvalue weighted by atomic mass is 10.1. The van der Waals surface area contributed by atoms with Crippen molar-refractivity contribution in [3.8, 4) is 0 Å². The number of rotatable bonds is 5. The van der Waals surface area contributed by atoms with E-state index in [0.29, 0.717) is 18.0 Å². The summed E-state index contributed by atoms with van der Waals surface area (Å²) in [5, 5.41) is 0.692. The second-order valence-electron chi connectivity index (χ2n) is 5.24. The quantitative estimate of drug-likeness (QED) is 0.843. The van der Waals surface area contributed by atoms with Crippen molar-refractivity contribution in [2.75, 3.05) is 0 Å². The molecule has 0 fully saturated rings. The van der Waals surface area contributed by atoms with Crippen LogP contribution in [0.4, 0.5) is 0 Å². The van der Waals surface area contributed by atoms with Crippen LogP contribution in [0, 0.1) is 0 Å². The maximum absolute atomic E-state index is 12.5. The lowest BCUT2D eigenvalue weighted by Gasteiger charge is -2.27. The van der Waals surface area contributed by atoms with E-state index in [2.05, 4.69) is 4.98 Å². The Hall–Kier alpha value is -1.87. The number of nitrogens with zero attached hydrogens (tertiary/aromatic N) is 2. The molecule has 1 heterocycles. The lowest BCUT2D eigenvalue weighted by Crippen LogP contribution is -2.37. The first kappa shape index (κ1) is 15.5. The maximum Gasteiger partial charge on any atom is 0.227 e. The Balaban J connectivity index is 2.12. The molecular formula is C17H19ClN2O. The van der Waals surface area contributed by atoms with Crippen LogP contribution in [0.25, 0.3) is 0 Å². The normalized spacial score (nSPS) is 10.7.